The summed E-state index contributed by atoms with van der Waals surface area (Å²) in [6.45, 7) is 2.51. The molecule has 0 radical (unpaired) electrons. The Morgan fingerprint density at radius 2 is 0.578 bits per heavy atom. The predicted molar refractivity (Wildman–Crippen MR) is 379 cm³/mol. The first-order valence-corrected chi connectivity index (χ1v) is 35.0. The van der Waals surface area contributed by atoms with Gasteiger partial charge in [0.15, 0.2) is 24.8 Å². The zero-order valence-electron chi connectivity index (χ0n) is 56.5. The molecule has 3 fully saturated rings. The lowest BCUT2D eigenvalue weighted by molar-refractivity contribution is -0.374. The maximum atomic E-state index is 13.9. The highest BCUT2D eigenvalue weighted by Crippen LogP contribution is 2.40. The average Bonchev–Trinajstić information content (AvgIpc) is 0.764. The average molecular weight is 1450 g/mol. The molecule has 22 heteroatoms. The first-order valence-electron chi connectivity index (χ1n) is 33.8. The fourth-order valence-corrected chi connectivity index (χ4v) is 12.3. The van der Waals surface area contributed by atoms with E-state index < -0.39 is 120 Å². The Labute approximate surface area is 609 Å². The Kier molecular flexibility index (Phi) is 28.8. The van der Waals surface area contributed by atoms with Crippen LogP contribution >= 0.6 is 34.8 Å². The van der Waals surface area contributed by atoms with Crippen LogP contribution in [-0.4, -0.2) is 134 Å². The highest BCUT2D eigenvalue weighted by atomic mass is 35.6. The van der Waals surface area contributed by atoms with Crippen molar-refractivity contribution in [3.63, 3.8) is 0 Å². The molecule has 0 saturated carbocycles. The van der Waals surface area contributed by atoms with Gasteiger partial charge in [0.1, 0.15) is 61.0 Å². The summed E-state index contributed by atoms with van der Waals surface area (Å²) in [6, 6.07) is 76.3. The van der Waals surface area contributed by atoms with Crippen LogP contribution in [0.25, 0.3) is 0 Å². The number of carbonyl (C=O) groups is 2. The molecule has 11 rings (SSSR count). The van der Waals surface area contributed by atoms with Crippen LogP contribution in [0.2, 0.25) is 0 Å². The molecule has 0 amide bonds. The van der Waals surface area contributed by atoms with Gasteiger partial charge in [0, 0.05) is 13.8 Å². The van der Waals surface area contributed by atoms with E-state index in [4.69, 9.17) is 116 Å². The number of carbonyl (C=O) groups excluding carboxylic acids is 2. The zero-order chi connectivity index (χ0) is 70.9. The maximum Gasteiger partial charge on any atom is 0.303 e. The molecule has 3 saturated heterocycles. The van der Waals surface area contributed by atoms with E-state index in [1.54, 1.807) is 0 Å². The molecule has 8 aromatic rings. The van der Waals surface area contributed by atoms with Crippen LogP contribution in [0.15, 0.2) is 243 Å². The summed E-state index contributed by atoms with van der Waals surface area (Å²) in [5.41, 5.74) is 6.61. The Bertz CT molecular complexity index is 3750. The van der Waals surface area contributed by atoms with E-state index in [0.29, 0.717) is 0 Å². The summed E-state index contributed by atoms with van der Waals surface area (Å²) in [4.78, 5) is 27.5. The molecule has 0 aromatic heterocycles. The van der Waals surface area contributed by atoms with Gasteiger partial charge in [0.05, 0.1) is 72.7 Å². The fraction of sp³-hybridized carbons (Fsp3) is 0.362. The number of ether oxygens (including phenoxy) is 16. The molecular weight excluding hydrogens is 1370 g/mol. The topological polar surface area (TPSA) is 206 Å². The minimum atomic E-state index is -2.44. The normalized spacial score (nSPS) is 25.0. The van der Waals surface area contributed by atoms with Gasteiger partial charge in [-0.05, 0) is 44.5 Å². The molecule has 102 heavy (non-hydrogen) atoms. The van der Waals surface area contributed by atoms with Crippen molar-refractivity contribution in [2.75, 3.05) is 19.8 Å². The van der Waals surface area contributed by atoms with Crippen molar-refractivity contribution in [2.24, 2.45) is 0 Å². The van der Waals surface area contributed by atoms with Crippen molar-refractivity contribution in [1.82, 2.24) is 0 Å². The summed E-state index contributed by atoms with van der Waals surface area (Å²) in [5, 5.41) is 9.15. The highest BCUT2D eigenvalue weighted by molar-refractivity contribution is 6.76. The van der Waals surface area contributed by atoms with Crippen LogP contribution in [-0.2, 0) is 138 Å². The maximum absolute atomic E-state index is 13.9. The summed E-state index contributed by atoms with van der Waals surface area (Å²) < 4.78 is 107. The summed E-state index contributed by atoms with van der Waals surface area (Å²) in [5.74, 6) is -2.22. The second kappa shape index (κ2) is 38.9. The Hall–Kier alpha value is -7.48. The molecule has 0 spiro atoms. The first-order chi connectivity index (χ1) is 49.8. The van der Waals surface area contributed by atoms with Crippen LogP contribution in [0.4, 0.5) is 0 Å². The number of halogens is 3. The monoisotopic (exact) mass is 1450 g/mol. The van der Waals surface area contributed by atoms with Gasteiger partial charge in [-0.15, -0.1) is 0 Å². The highest BCUT2D eigenvalue weighted by Gasteiger charge is 2.58. The second-order valence-electron chi connectivity index (χ2n) is 24.7. The Morgan fingerprint density at radius 3 is 0.902 bits per heavy atom. The fourth-order valence-electron chi connectivity index (χ4n) is 12.2. The molecule has 3 aliphatic heterocycles. The van der Waals surface area contributed by atoms with Crippen molar-refractivity contribution in [3.8, 4) is 0 Å². The van der Waals surface area contributed by atoms with Gasteiger partial charge in [-0.3, -0.25) is 15.0 Å². The van der Waals surface area contributed by atoms with Gasteiger partial charge in [-0.25, -0.2) is 0 Å². The van der Waals surface area contributed by atoms with E-state index in [1.807, 2.05) is 243 Å². The van der Waals surface area contributed by atoms with E-state index in [9.17, 15) is 9.59 Å². The molecule has 8 aromatic carbocycles. The molecule has 9 unspecified atom stereocenters. The van der Waals surface area contributed by atoms with Crippen molar-refractivity contribution in [2.45, 2.75) is 163 Å². The SMILES string of the molecule is CC(=O)OC1C(OCc2ccccc2)[C@H](OCc2ccccc2)C(COCc2ccccc2)O[C@@H]1OC1C(OCc2ccccc2)[C@@H](OC(=N)C(Cl)(Cl)Cl)OC(CO[C@H]2OC(COCc3ccccc3)[C@@H](OCc3ccccc3)C(OCc3ccccc3)C2OC(C)=O)[C@H]1OCc1ccccc1. The first kappa shape index (κ1) is 75.7. The molecule has 0 bridgehead atoms. The van der Waals surface area contributed by atoms with E-state index >= 15 is 0 Å². The van der Waals surface area contributed by atoms with Crippen LogP contribution < -0.4 is 0 Å². The lowest BCUT2D eigenvalue weighted by atomic mass is 9.95. The van der Waals surface area contributed by atoms with Crippen molar-refractivity contribution < 1.29 is 85.4 Å². The van der Waals surface area contributed by atoms with Gasteiger partial charge in [0.2, 0.25) is 12.2 Å². The predicted octanol–water partition coefficient (Wildman–Crippen LogP) is 13.7. The van der Waals surface area contributed by atoms with Crippen molar-refractivity contribution in [3.05, 3.63) is 287 Å². The van der Waals surface area contributed by atoms with E-state index in [2.05, 4.69) is 0 Å². The standard InChI is InChI=1S/C80H84Cl3NO18/c1-54(85)96-74-70(92-48-61-37-21-8-22-38-61)67(89-45-58-31-15-5-16-32-58)64(51-87-43-56-27-11-3-12-28-56)98-76(74)95-53-66-69(91-47-60-35-19-7-20-36-60)72(73(94-50-63-41-25-10-26-42-63)77(100-66)102-79(84)80(81,82)83)101-78-75(97-55(2)86)71(93-49-62-39-23-9-24-40-62)68(90-46-59-33-17-6-18-34-59)65(99-78)52-88-44-57-29-13-4-14-30-57/h3-42,64-78,84H,43-53H2,1-2H3/t64?,65?,66?,67-,68-,69-,70?,71?,72?,73?,74?,75?,76+,77-,78-/m1/s1. The molecule has 15 atom stereocenters. The third-order valence-electron chi connectivity index (χ3n) is 17.1. The summed E-state index contributed by atoms with van der Waals surface area (Å²) in [7, 11) is 0. The van der Waals surface area contributed by atoms with E-state index in [1.165, 1.54) is 13.8 Å². The van der Waals surface area contributed by atoms with E-state index in [0.717, 1.165) is 44.5 Å². The van der Waals surface area contributed by atoms with Crippen LogP contribution in [0.5, 0.6) is 0 Å². The van der Waals surface area contributed by atoms with Gasteiger partial charge in [0.25, 0.3) is 3.79 Å². The number of hydrogen-bond acceptors (Lipinski definition) is 19. The molecule has 3 aliphatic rings. The largest absolute Gasteiger partial charge is 0.454 e. The van der Waals surface area contributed by atoms with Crippen molar-refractivity contribution in [1.29, 1.82) is 5.41 Å². The third kappa shape index (κ3) is 22.5. The number of benzene rings is 8. The lowest BCUT2D eigenvalue weighted by Crippen LogP contribution is -2.67. The summed E-state index contributed by atoms with van der Waals surface area (Å²) in [6.07, 6.45) is -19.1. The van der Waals surface area contributed by atoms with Crippen molar-refractivity contribution >= 4 is 52.6 Å². The van der Waals surface area contributed by atoms with Gasteiger partial charge < -0.3 is 75.8 Å². The Balaban J connectivity index is 1.01. The van der Waals surface area contributed by atoms with Crippen LogP contribution in [0.3, 0.4) is 0 Å². The van der Waals surface area contributed by atoms with Gasteiger partial charge in [-0.2, -0.15) is 0 Å². The summed E-state index contributed by atoms with van der Waals surface area (Å²) >= 11 is 19.5. The van der Waals surface area contributed by atoms with Gasteiger partial charge in [-0.1, -0.05) is 277 Å². The third-order valence-corrected chi connectivity index (χ3v) is 17.6. The quantitative estimate of drug-likeness (QED) is 0.0172. The molecule has 538 valence electrons. The molecule has 1 N–H and O–H groups in total. The number of hydrogen-bond donors (Lipinski definition) is 1. The van der Waals surface area contributed by atoms with Crippen LogP contribution in [0, 0.1) is 5.41 Å². The van der Waals surface area contributed by atoms with Gasteiger partial charge >= 0.3 is 11.9 Å². The van der Waals surface area contributed by atoms with Crippen LogP contribution in [0.1, 0.15) is 58.4 Å². The minimum absolute atomic E-state index is 0.0335. The Morgan fingerprint density at radius 1 is 0.314 bits per heavy atom. The molecular formula is C80H84Cl3NO18. The van der Waals surface area contributed by atoms with E-state index in [-0.39, 0.29) is 66.1 Å². The number of rotatable bonds is 34. The minimum Gasteiger partial charge on any atom is -0.454 e. The number of nitrogens with one attached hydrogen (secondary N) is 1. The number of esters is 2. The molecule has 0 aliphatic carbocycles. The lowest BCUT2D eigenvalue weighted by Gasteiger charge is -2.50. The zero-order valence-corrected chi connectivity index (χ0v) is 58.8. The smallest absolute Gasteiger partial charge is 0.303 e. The number of alkyl halides is 3. The molecule has 3 heterocycles. The second-order valence-corrected chi connectivity index (χ2v) is 27.0. The molecule has 19 nitrogen and oxygen atoms in total.